The Morgan fingerprint density at radius 2 is 1.94 bits per heavy atom. The summed E-state index contributed by atoms with van der Waals surface area (Å²) in [5.74, 6) is 1.31. The van der Waals surface area contributed by atoms with Gasteiger partial charge in [0.05, 0.1) is 11.5 Å². The second-order valence-electron chi connectivity index (χ2n) is 9.61. The third-order valence-corrected chi connectivity index (χ3v) is 7.08. The zero-order valence-electron chi connectivity index (χ0n) is 19.9. The number of unbranched alkanes of at least 4 members (excludes halogenated alkanes) is 1. The quantitative estimate of drug-likeness (QED) is 0.482. The van der Waals surface area contributed by atoms with E-state index in [1.165, 1.54) is 0 Å². The fourth-order valence-electron chi connectivity index (χ4n) is 5.05. The highest BCUT2D eigenvalue weighted by molar-refractivity contribution is 5.96. The van der Waals surface area contributed by atoms with Gasteiger partial charge in [0.1, 0.15) is 5.69 Å². The number of nitrogens with zero attached hydrogens (tertiary/aromatic N) is 5. The van der Waals surface area contributed by atoms with E-state index >= 15 is 0 Å². The summed E-state index contributed by atoms with van der Waals surface area (Å²) >= 11 is 0. The van der Waals surface area contributed by atoms with E-state index in [0.717, 1.165) is 92.6 Å². The number of hydrogen-bond donors (Lipinski definition) is 2. The minimum atomic E-state index is -0.168. The maximum absolute atomic E-state index is 12.1. The van der Waals surface area contributed by atoms with Gasteiger partial charge in [-0.15, -0.1) is 0 Å². The van der Waals surface area contributed by atoms with Gasteiger partial charge in [0, 0.05) is 43.5 Å². The van der Waals surface area contributed by atoms with Crippen molar-refractivity contribution in [2.45, 2.75) is 70.9 Å². The van der Waals surface area contributed by atoms with Gasteiger partial charge in [0.25, 0.3) is 0 Å². The maximum Gasteiger partial charge on any atom is 0.227 e. The summed E-state index contributed by atoms with van der Waals surface area (Å²) in [6.07, 6.45) is 9.15. The van der Waals surface area contributed by atoms with Crippen molar-refractivity contribution in [3.05, 3.63) is 30.5 Å². The average Bonchev–Trinajstić information content (AvgIpc) is 3.44. The van der Waals surface area contributed by atoms with Crippen molar-refractivity contribution in [2.24, 2.45) is 5.92 Å². The average molecular weight is 463 g/mol. The third-order valence-electron chi connectivity index (χ3n) is 7.08. The molecule has 1 aliphatic heterocycles. The first-order valence-corrected chi connectivity index (χ1v) is 12.7. The Labute approximate surface area is 200 Å². The Morgan fingerprint density at radius 1 is 1.15 bits per heavy atom. The Morgan fingerprint density at radius 3 is 2.65 bits per heavy atom. The van der Waals surface area contributed by atoms with Crippen LogP contribution >= 0.6 is 0 Å². The summed E-state index contributed by atoms with van der Waals surface area (Å²) in [7, 11) is 0. The molecule has 2 aromatic heterocycles. The number of carbonyl (C=O) groups excluding carboxylic acids is 1. The molecule has 180 valence electrons. The zero-order valence-corrected chi connectivity index (χ0v) is 19.9. The van der Waals surface area contributed by atoms with Crippen molar-refractivity contribution in [2.75, 3.05) is 23.3 Å². The number of hydrogen-bond acceptors (Lipinski definition) is 6. The first kappa shape index (κ1) is 22.8. The molecule has 1 aliphatic carbocycles. The molecule has 2 fully saturated rings. The number of fused-ring (bicyclic) bond motifs is 1. The normalized spacial score (nSPS) is 20.9. The van der Waals surface area contributed by atoms with Crippen LogP contribution in [-0.4, -0.2) is 50.0 Å². The molecule has 0 radical (unpaired) electrons. The van der Waals surface area contributed by atoms with Crippen LogP contribution in [0, 0.1) is 5.92 Å². The largest absolute Gasteiger partial charge is 0.393 e. The molecule has 3 aromatic rings. The van der Waals surface area contributed by atoms with Gasteiger partial charge in [0.2, 0.25) is 11.9 Å². The smallest absolute Gasteiger partial charge is 0.227 e. The second-order valence-corrected chi connectivity index (χ2v) is 9.61. The van der Waals surface area contributed by atoms with Crippen LogP contribution in [-0.2, 0) is 11.3 Å². The predicted molar refractivity (Wildman–Crippen MR) is 134 cm³/mol. The first-order valence-electron chi connectivity index (χ1n) is 12.7. The molecule has 5 rings (SSSR count). The van der Waals surface area contributed by atoms with E-state index in [4.69, 9.17) is 10.1 Å². The highest BCUT2D eigenvalue weighted by Gasteiger charge is 2.24. The Balaban J connectivity index is 1.46. The van der Waals surface area contributed by atoms with Crippen molar-refractivity contribution in [1.82, 2.24) is 19.7 Å². The van der Waals surface area contributed by atoms with E-state index in [1.807, 2.05) is 40.0 Å². The van der Waals surface area contributed by atoms with E-state index < -0.39 is 0 Å². The standard InChI is InChI=1S/C26H34N6O2/c1-2-3-14-27-26-28-16-22-24(19-8-10-20(11-9-19)31-15-4-5-23(31)34)30-32(25(22)29-26)17-18-6-12-21(33)13-7-18/h8-11,16,18,21,33H,2-7,12-15,17H2,1H3,(H,27,28,29). The lowest BCUT2D eigenvalue weighted by atomic mass is 9.87. The van der Waals surface area contributed by atoms with Crippen molar-refractivity contribution in [1.29, 1.82) is 0 Å². The lowest BCUT2D eigenvalue weighted by molar-refractivity contribution is -0.117. The SMILES string of the molecule is CCCCNc1ncc2c(-c3ccc(N4CCCC4=O)cc3)nn(CC3CCC(O)CC3)c2n1. The molecule has 0 unspecified atom stereocenters. The van der Waals surface area contributed by atoms with Crippen LogP contribution < -0.4 is 10.2 Å². The number of amides is 1. The Kier molecular flexibility index (Phi) is 6.76. The molecule has 0 spiro atoms. The predicted octanol–water partition coefficient (Wildman–Crippen LogP) is 4.38. The van der Waals surface area contributed by atoms with Crippen LogP contribution in [0.15, 0.2) is 30.5 Å². The second kappa shape index (κ2) is 10.1. The number of nitrogens with one attached hydrogen (secondary N) is 1. The van der Waals surface area contributed by atoms with Gasteiger partial charge in [0.15, 0.2) is 5.65 Å². The van der Waals surface area contributed by atoms with Gasteiger partial charge in [-0.25, -0.2) is 9.67 Å². The minimum Gasteiger partial charge on any atom is -0.393 e. The van der Waals surface area contributed by atoms with Crippen LogP contribution in [0.4, 0.5) is 11.6 Å². The molecule has 2 aliphatic rings. The maximum atomic E-state index is 12.1. The van der Waals surface area contributed by atoms with E-state index in [9.17, 15) is 9.90 Å². The Bertz CT molecular complexity index is 1130. The van der Waals surface area contributed by atoms with E-state index in [-0.39, 0.29) is 12.0 Å². The van der Waals surface area contributed by atoms with Crippen LogP contribution in [0.2, 0.25) is 0 Å². The van der Waals surface area contributed by atoms with Gasteiger partial charge >= 0.3 is 0 Å². The van der Waals surface area contributed by atoms with Crippen LogP contribution in [0.5, 0.6) is 0 Å². The van der Waals surface area contributed by atoms with Crippen molar-refractivity contribution < 1.29 is 9.90 Å². The molecule has 1 amide bonds. The summed E-state index contributed by atoms with van der Waals surface area (Å²) in [6.45, 7) is 4.59. The molecule has 8 nitrogen and oxygen atoms in total. The molecule has 8 heteroatoms. The van der Waals surface area contributed by atoms with Gasteiger partial charge < -0.3 is 15.3 Å². The molecule has 3 heterocycles. The van der Waals surface area contributed by atoms with Gasteiger partial charge in [-0.05, 0) is 56.6 Å². The molecule has 0 bridgehead atoms. The van der Waals surface area contributed by atoms with Crippen molar-refractivity contribution >= 4 is 28.6 Å². The summed E-state index contributed by atoms with van der Waals surface area (Å²) < 4.78 is 2.03. The lowest BCUT2D eigenvalue weighted by Gasteiger charge is -2.25. The van der Waals surface area contributed by atoms with Crippen LogP contribution in [0.1, 0.15) is 58.3 Å². The summed E-state index contributed by atoms with van der Waals surface area (Å²) in [5.41, 5.74) is 3.64. The van der Waals surface area contributed by atoms with Gasteiger partial charge in [-0.2, -0.15) is 10.1 Å². The minimum absolute atomic E-state index is 0.168. The third kappa shape index (κ3) is 4.78. The number of carbonyl (C=O) groups is 1. The first-order chi connectivity index (χ1) is 16.6. The van der Waals surface area contributed by atoms with Gasteiger partial charge in [-0.3, -0.25) is 4.79 Å². The van der Waals surface area contributed by atoms with Crippen LogP contribution in [0.3, 0.4) is 0 Å². The molecule has 1 saturated heterocycles. The zero-order chi connectivity index (χ0) is 23.5. The number of anilines is 2. The number of aliphatic hydroxyl groups excluding tert-OH is 1. The summed E-state index contributed by atoms with van der Waals surface area (Å²) in [5, 5.41) is 19.2. The monoisotopic (exact) mass is 462 g/mol. The molecule has 1 aromatic carbocycles. The van der Waals surface area contributed by atoms with Crippen LogP contribution in [0.25, 0.3) is 22.3 Å². The molecule has 34 heavy (non-hydrogen) atoms. The van der Waals surface area contributed by atoms with E-state index in [0.29, 0.717) is 18.3 Å². The highest BCUT2D eigenvalue weighted by atomic mass is 16.3. The fraction of sp³-hybridized carbons (Fsp3) is 0.538. The van der Waals surface area contributed by atoms with E-state index in [1.54, 1.807) is 0 Å². The molecule has 1 saturated carbocycles. The lowest BCUT2D eigenvalue weighted by Crippen LogP contribution is -2.23. The highest BCUT2D eigenvalue weighted by Crippen LogP contribution is 2.32. The van der Waals surface area contributed by atoms with E-state index in [2.05, 4.69) is 17.2 Å². The topological polar surface area (TPSA) is 96.2 Å². The molecule has 2 N–H and O–H groups in total. The van der Waals surface area contributed by atoms with Gasteiger partial charge in [-0.1, -0.05) is 25.5 Å². The fourth-order valence-corrected chi connectivity index (χ4v) is 5.05. The molecular weight excluding hydrogens is 428 g/mol. The molecule has 0 atom stereocenters. The number of aliphatic hydroxyl groups is 1. The number of aromatic nitrogens is 4. The van der Waals surface area contributed by atoms with Crippen molar-refractivity contribution in [3.63, 3.8) is 0 Å². The molecular formula is C26H34N6O2. The summed E-state index contributed by atoms with van der Waals surface area (Å²) in [4.78, 5) is 23.4. The van der Waals surface area contributed by atoms with Crippen molar-refractivity contribution in [3.8, 4) is 11.3 Å². The number of rotatable bonds is 8. The Hall–Kier alpha value is -3.00. The summed E-state index contributed by atoms with van der Waals surface area (Å²) in [6, 6.07) is 8.09. The number of benzene rings is 1.